The summed E-state index contributed by atoms with van der Waals surface area (Å²) >= 11 is 8.42. The number of phenolic OH excluding ortho intramolecular Hbond substituents is 1. The Bertz CT molecular complexity index is 330. The van der Waals surface area contributed by atoms with Gasteiger partial charge in [0.05, 0.1) is 4.47 Å². The summed E-state index contributed by atoms with van der Waals surface area (Å²) in [6.45, 7) is 0. The molecule has 0 aliphatic heterocycles. The Morgan fingerprint density at radius 1 is 1.62 bits per heavy atom. The van der Waals surface area contributed by atoms with E-state index in [0.29, 0.717) is 10.2 Å². The number of aromatic hydroxyl groups is 1. The van der Waals surface area contributed by atoms with Crippen molar-refractivity contribution < 1.29 is 9.90 Å². The molecule has 1 rings (SSSR count). The zero-order valence-electron chi connectivity index (χ0n) is 6.55. The molecule has 0 heterocycles. The Balaban J connectivity index is 2.79. The Morgan fingerprint density at radius 3 is 2.85 bits per heavy atom. The van der Waals surface area contributed by atoms with Crippen molar-refractivity contribution in [2.75, 3.05) is 11.2 Å². The lowest BCUT2D eigenvalue weighted by Crippen LogP contribution is -2.12. The van der Waals surface area contributed by atoms with Crippen LogP contribution in [0.5, 0.6) is 5.75 Å². The first-order valence-corrected chi connectivity index (χ1v) is 4.80. The second kappa shape index (κ2) is 4.48. The van der Waals surface area contributed by atoms with Crippen molar-refractivity contribution in [2.45, 2.75) is 0 Å². The molecule has 1 aromatic carbocycles. The Morgan fingerprint density at radius 2 is 2.31 bits per heavy atom. The maximum absolute atomic E-state index is 10.9. The number of carbonyl (C=O) groups is 1. The number of alkyl halides is 1. The number of halogens is 2. The number of hydrogen-bond donors (Lipinski definition) is 2. The number of nitrogens with one attached hydrogen (secondary N) is 1. The van der Waals surface area contributed by atoms with E-state index in [1.54, 1.807) is 12.1 Å². The normalized spacial score (nSPS) is 9.69. The zero-order valence-corrected chi connectivity index (χ0v) is 8.89. The molecular weight excluding hydrogens is 257 g/mol. The van der Waals surface area contributed by atoms with Gasteiger partial charge in [-0.3, -0.25) is 4.79 Å². The molecule has 1 amide bonds. The van der Waals surface area contributed by atoms with Gasteiger partial charge in [0.25, 0.3) is 0 Å². The number of rotatable bonds is 2. The van der Waals surface area contributed by atoms with E-state index in [1.807, 2.05) is 0 Å². The third kappa shape index (κ3) is 2.90. The Hall–Kier alpha value is -0.740. The molecule has 0 saturated carbocycles. The molecule has 0 aliphatic rings. The van der Waals surface area contributed by atoms with Crippen LogP contribution >= 0.6 is 27.5 Å². The lowest BCUT2D eigenvalue weighted by atomic mass is 10.3. The predicted octanol–water partition coefficient (Wildman–Crippen LogP) is 2.33. The molecule has 0 spiro atoms. The maximum atomic E-state index is 10.9. The zero-order chi connectivity index (χ0) is 9.84. The van der Waals surface area contributed by atoms with Gasteiger partial charge in [-0.05, 0) is 34.1 Å². The summed E-state index contributed by atoms with van der Waals surface area (Å²) in [7, 11) is 0. The molecule has 2 N–H and O–H groups in total. The maximum Gasteiger partial charge on any atom is 0.239 e. The van der Waals surface area contributed by atoms with E-state index in [9.17, 15) is 4.79 Å². The molecule has 3 nitrogen and oxygen atoms in total. The van der Waals surface area contributed by atoms with Crippen LogP contribution in [0, 0.1) is 0 Å². The third-order valence-electron chi connectivity index (χ3n) is 1.35. The van der Waals surface area contributed by atoms with Crippen LogP contribution in [0.2, 0.25) is 0 Å². The van der Waals surface area contributed by atoms with E-state index in [0.717, 1.165) is 0 Å². The van der Waals surface area contributed by atoms with Crippen LogP contribution in [0.15, 0.2) is 22.7 Å². The van der Waals surface area contributed by atoms with Crippen LogP contribution in [0.1, 0.15) is 0 Å². The van der Waals surface area contributed by atoms with Crippen molar-refractivity contribution >= 4 is 39.1 Å². The van der Waals surface area contributed by atoms with E-state index < -0.39 is 0 Å². The van der Waals surface area contributed by atoms with E-state index in [4.69, 9.17) is 16.7 Å². The topological polar surface area (TPSA) is 49.3 Å². The van der Waals surface area contributed by atoms with Gasteiger partial charge in [-0.25, -0.2) is 0 Å². The van der Waals surface area contributed by atoms with Crippen LogP contribution in [0.25, 0.3) is 0 Å². The van der Waals surface area contributed by atoms with Crippen molar-refractivity contribution in [3.8, 4) is 5.75 Å². The fourth-order valence-electron chi connectivity index (χ4n) is 0.779. The molecule has 1 aromatic rings. The van der Waals surface area contributed by atoms with Gasteiger partial charge in [0.1, 0.15) is 11.6 Å². The average molecular weight is 265 g/mol. The third-order valence-corrected chi connectivity index (χ3v) is 2.23. The summed E-state index contributed by atoms with van der Waals surface area (Å²) in [5.74, 6) is -0.235. The molecule has 0 unspecified atom stereocenters. The summed E-state index contributed by atoms with van der Waals surface area (Å²) in [6.07, 6.45) is 0. The number of benzene rings is 1. The number of hydrogen-bond acceptors (Lipinski definition) is 2. The van der Waals surface area contributed by atoms with Gasteiger partial charge < -0.3 is 10.4 Å². The van der Waals surface area contributed by atoms with E-state index in [2.05, 4.69) is 21.2 Å². The number of anilines is 1. The summed E-state index contributed by atoms with van der Waals surface area (Å²) < 4.78 is 0.528. The van der Waals surface area contributed by atoms with Gasteiger partial charge in [0.15, 0.2) is 0 Å². The summed E-state index contributed by atoms with van der Waals surface area (Å²) in [6, 6.07) is 4.66. The standard InChI is InChI=1S/C8H7BrClNO2/c9-6-3-5(1-2-7(6)12)11-8(13)4-10/h1-3,12H,4H2,(H,11,13). The molecular formula is C8H7BrClNO2. The monoisotopic (exact) mass is 263 g/mol. The molecule has 0 atom stereocenters. The summed E-state index contributed by atoms with van der Waals surface area (Å²) in [5.41, 5.74) is 0.593. The number of amides is 1. The van der Waals surface area contributed by atoms with E-state index >= 15 is 0 Å². The molecule has 0 bridgehead atoms. The Kier molecular flexibility index (Phi) is 3.57. The first kappa shape index (κ1) is 10.3. The second-order valence-corrected chi connectivity index (χ2v) is 3.47. The van der Waals surface area contributed by atoms with Crippen LogP contribution in [-0.4, -0.2) is 16.9 Å². The fourth-order valence-corrected chi connectivity index (χ4v) is 1.22. The fraction of sp³-hybridized carbons (Fsp3) is 0.125. The SMILES string of the molecule is O=C(CCl)Nc1ccc(O)c(Br)c1. The van der Waals surface area contributed by atoms with Gasteiger partial charge >= 0.3 is 0 Å². The number of phenols is 1. The molecule has 0 saturated heterocycles. The van der Waals surface area contributed by atoms with Gasteiger partial charge in [0.2, 0.25) is 5.91 Å². The highest BCUT2D eigenvalue weighted by Gasteiger charge is 2.02. The Labute approximate surface area is 88.8 Å². The molecule has 0 aliphatic carbocycles. The molecule has 0 radical (unpaired) electrons. The summed E-state index contributed by atoms with van der Waals surface area (Å²) in [4.78, 5) is 10.9. The summed E-state index contributed by atoms with van der Waals surface area (Å²) in [5, 5.41) is 11.7. The van der Waals surface area contributed by atoms with Crippen molar-refractivity contribution in [2.24, 2.45) is 0 Å². The molecule has 70 valence electrons. The smallest absolute Gasteiger partial charge is 0.239 e. The minimum atomic E-state index is -0.278. The first-order valence-electron chi connectivity index (χ1n) is 3.48. The minimum absolute atomic E-state index is 0.0848. The second-order valence-electron chi connectivity index (χ2n) is 2.35. The first-order chi connectivity index (χ1) is 6.13. The highest BCUT2D eigenvalue weighted by molar-refractivity contribution is 9.10. The molecule has 13 heavy (non-hydrogen) atoms. The van der Waals surface area contributed by atoms with Crippen molar-refractivity contribution in [3.63, 3.8) is 0 Å². The van der Waals surface area contributed by atoms with Crippen LogP contribution in [0.3, 0.4) is 0 Å². The molecule has 0 fully saturated rings. The van der Waals surface area contributed by atoms with Gasteiger partial charge in [0, 0.05) is 5.69 Å². The lowest BCUT2D eigenvalue weighted by Gasteiger charge is -2.03. The molecule has 5 heteroatoms. The van der Waals surface area contributed by atoms with Gasteiger partial charge in [-0.1, -0.05) is 0 Å². The quantitative estimate of drug-likeness (QED) is 0.636. The van der Waals surface area contributed by atoms with Crippen molar-refractivity contribution in [1.29, 1.82) is 0 Å². The van der Waals surface area contributed by atoms with Crippen LogP contribution in [-0.2, 0) is 4.79 Å². The van der Waals surface area contributed by atoms with Crippen molar-refractivity contribution in [1.82, 2.24) is 0 Å². The minimum Gasteiger partial charge on any atom is -0.507 e. The average Bonchev–Trinajstić information content (AvgIpc) is 2.11. The number of carbonyl (C=O) groups excluding carboxylic acids is 1. The highest BCUT2D eigenvalue weighted by Crippen LogP contribution is 2.26. The van der Waals surface area contributed by atoms with Gasteiger partial charge in [-0.15, -0.1) is 11.6 Å². The predicted molar refractivity (Wildman–Crippen MR) is 55.2 cm³/mol. The van der Waals surface area contributed by atoms with Gasteiger partial charge in [-0.2, -0.15) is 0 Å². The van der Waals surface area contributed by atoms with E-state index in [1.165, 1.54) is 6.07 Å². The van der Waals surface area contributed by atoms with Crippen LogP contribution < -0.4 is 5.32 Å². The van der Waals surface area contributed by atoms with Crippen LogP contribution in [0.4, 0.5) is 5.69 Å². The largest absolute Gasteiger partial charge is 0.507 e. The van der Waals surface area contributed by atoms with E-state index in [-0.39, 0.29) is 17.5 Å². The highest BCUT2D eigenvalue weighted by atomic mass is 79.9. The lowest BCUT2D eigenvalue weighted by molar-refractivity contribution is -0.113. The van der Waals surface area contributed by atoms with Crippen molar-refractivity contribution in [3.05, 3.63) is 22.7 Å². The molecule has 0 aromatic heterocycles.